The van der Waals surface area contributed by atoms with Crippen LogP contribution in [0.2, 0.25) is 0 Å². The average molecular weight is 240 g/mol. The van der Waals surface area contributed by atoms with Crippen LogP contribution in [0.1, 0.15) is 17.9 Å². The minimum atomic E-state index is -3.17. The highest BCUT2D eigenvalue weighted by Crippen LogP contribution is 2.38. The molecule has 0 fully saturated rings. The van der Waals surface area contributed by atoms with Crippen molar-refractivity contribution in [3.63, 3.8) is 0 Å². The van der Waals surface area contributed by atoms with Crippen molar-refractivity contribution < 1.29 is 8.42 Å². The van der Waals surface area contributed by atoms with Crippen molar-refractivity contribution >= 4 is 15.7 Å². The fraction of sp³-hybridized carbons (Fsp3) is 0.455. The highest BCUT2D eigenvalue weighted by atomic mass is 32.2. The van der Waals surface area contributed by atoms with Crippen LogP contribution in [-0.2, 0) is 10.0 Å². The molecule has 1 aliphatic heterocycles. The third kappa shape index (κ3) is 1.92. The molecule has 2 N–H and O–H groups in total. The van der Waals surface area contributed by atoms with Crippen LogP contribution in [0.15, 0.2) is 24.3 Å². The zero-order valence-electron chi connectivity index (χ0n) is 9.26. The first-order chi connectivity index (χ1) is 7.54. The van der Waals surface area contributed by atoms with E-state index < -0.39 is 10.0 Å². The number of para-hydroxylation sites is 1. The van der Waals surface area contributed by atoms with Gasteiger partial charge in [0.15, 0.2) is 0 Å². The molecular weight excluding hydrogens is 224 g/mol. The average Bonchev–Trinajstić information content (AvgIpc) is 2.58. The molecule has 0 radical (unpaired) electrons. The zero-order valence-corrected chi connectivity index (χ0v) is 10.1. The van der Waals surface area contributed by atoms with Gasteiger partial charge in [0.05, 0.1) is 11.9 Å². The highest BCUT2D eigenvalue weighted by molar-refractivity contribution is 7.92. The van der Waals surface area contributed by atoms with Crippen LogP contribution in [0.25, 0.3) is 0 Å². The number of nitrogens with zero attached hydrogens (tertiary/aromatic N) is 1. The molecular formula is C11H16N2O2S. The van der Waals surface area contributed by atoms with Gasteiger partial charge in [-0.2, -0.15) is 0 Å². The summed E-state index contributed by atoms with van der Waals surface area (Å²) in [5.74, 6) is 0.232. The molecule has 2 rings (SSSR count). The van der Waals surface area contributed by atoms with Crippen molar-refractivity contribution in [1.82, 2.24) is 0 Å². The first-order valence-corrected chi connectivity index (χ1v) is 7.15. The first kappa shape index (κ1) is 11.4. The molecule has 1 aliphatic rings. The van der Waals surface area contributed by atoms with E-state index in [1.54, 1.807) is 0 Å². The number of fused-ring (bicyclic) bond motifs is 1. The van der Waals surface area contributed by atoms with E-state index in [2.05, 4.69) is 0 Å². The summed E-state index contributed by atoms with van der Waals surface area (Å²) >= 11 is 0. The number of nitrogens with two attached hydrogens (primary N) is 1. The fourth-order valence-electron chi connectivity index (χ4n) is 2.22. The van der Waals surface area contributed by atoms with Crippen molar-refractivity contribution in [2.24, 2.45) is 5.73 Å². The van der Waals surface area contributed by atoms with E-state index in [9.17, 15) is 8.42 Å². The number of benzene rings is 1. The molecule has 0 amide bonds. The lowest BCUT2D eigenvalue weighted by Gasteiger charge is -2.16. The summed E-state index contributed by atoms with van der Waals surface area (Å²) in [6.45, 7) is 1.10. The van der Waals surface area contributed by atoms with Crippen molar-refractivity contribution in [1.29, 1.82) is 0 Å². The topological polar surface area (TPSA) is 63.4 Å². The Morgan fingerprint density at radius 2 is 2.12 bits per heavy atom. The molecule has 0 saturated heterocycles. The Morgan fingerprint density at radius 3 is 2.75 bits per heavy atom. The Kier molecular flexibility index (Phi) is 2.90. The smallest absolute Gasteiger partial charge is 0.232 e. The Hall–Kier alpha value is -1.07. The first-order valence-electron chi connectivity index (χ1n) is 5.30. The molecule has 0 aliphatic carbocycles. The monoisotopic (exact) mass is 240 g/mol. The van der Waals surface area contributed by atoms with Gasteiger partial charge in [-0.05, 0) is 24.6 Å². The molecule has 88 valence electrons. The molecule has 0 saturated carbocycles. The van der Waals surface area contributed by atoms with Gasteiger partial charge < -0.3 is 5.73 Å². The Labute approximate surface area is 96.1 Å². The summed E-state index contributed by atoms with van der Waals surface area (Å²) in [5.41, 5.74) is 7.46. The van der Waals surface area contributed by atoms with Crippen LogP contribution in [0.3, 0.4) is 0 Å². The van der Waals surface area contributed by atoms with E-state index in [1.165, 1.54) is 10.6 Å². The molecule has 1 heterocycles. The van der Waals surface area contributed by atoms with Crippen LogP contribution in [0, 0.1) is 0 Å². The van der Waals surface area contributed by atoms with E-state index in [4.69, 9.17) is 5.73 Å². The number of sulfonamides is 1. The maximum atomic E-state index is 11.6. The fourth-order valence-corrected chi connectivity index (χ4v) is 3.19. The number of hydrogen-bond acceptors (Lipinski definition) is 3. The van der Waals surface area contributed by atoms with Crippen LogP contribution in [-0.4, -0.2) is 27.8 Å². The molecule has 0 aromatic heterocycles. The van der Waals surface area contributed by atoms with Crippen LogP contribution < -0.4 is 10.0 Å². The Balaban J connectivity index is 2.43. The zero-order chi connectivity index (χ0) is 11.8. The third-order valence-electron chi connectivity index (χ3n) is 2.95. The SMILES string of the molecule is CS(=O)(=O)N1CC(CCN)c2ccccc21. The predicted molar refractivity (Wildman–Crippen MR) is 65.0 cm³/mol. The van der Waals surface area contributed by atoms with Gasteiger partial charge in [0, 0.05) is 12.5 Å². The molecule has 1 unspecified atom stereocenters. The van der Waals surface area contributed by atoms with E-state index in [-0.39, 0.29) is 5.92 Å². The second kappa shape index (κ2) is 4.07. The van der Waals surface area contributed by atoms with Gasteiger partial charge in [-0.3, -0.25) is 4.31 Å². The summed E-state index contributed by atoms with van der Waals surface area (Å²) in [4.78, 5) is 0. The lowest BCUT2D eigenvalue weighted by molar-refractivity contribution is 0.592. The van der Waals surface area contributed by atoms with Crippen molar-refractivity contribution in [3.05, 3.63) is 29.8 Å². The summed E-state index contributed by atoms with van der Waals surface area (Å²) in [6.07, 6.45) is 2.07. The predicted octanol–water partition coefficient (Wildman–Crippen LogP) is 0.899. The maximum absolute atomic E-state index is 11.6. The van der Waals surface area contributed by atoms with Gasteiger partial charge in [-0.15, -0.1) is 0 Å². The van der Waals surface area contributed by atoms with Gasteiger partial charge in [-0.25, -0.2) is 8.42 Å². The Bertz CT molecular complexity index is 485. The van der Waals surface area contributed by atoms with E-state index in [0.29, 0.717) is 13.1 Å². The summed E-state index contributed by atoms with van der Waals surface area (Å²) in [6, 6.07) is 7.64. The standard InChI is InChI=1S/C11H16N2O2S/c1-16(14,15)13-8-9(6-7-12)10-4-2-3-5-11(10)13/h2-5,9H,6-8,12H2,1H3. The van der Waals surface area contributed by atoms with Gasteiger partial charge in [0.1, 0.15) is 0 Å². The van der Waals surface area contributed by atoms with Gasteiger partial charge in [-0.1, -0.05) is 18.2 Å². The molecule has 1 aromatic rings. The van der Waals surface area contributed by atoms with Crippen molar-refractivity contribution in [2.45, 2.75) is 12.3 Å². The molecule has 4 nitrogen and oxygen atoms in total. The molecule has 16 heavy (non-hydrogen) atoms. The quantitative estimate of drug-likeness (QED) is 0.853. The second-order valence-corrected chi connectivity index (χ2v) is 6.03. The maximum Gasteiger partial charge on any atom is 0.232 e. The largest absolute Gasteiger partial charge is 0.330 e. The number of rotatable bonds is 3. The lowest BCUT2D eigenvalue weighted by Crippen LogP contribution is -2.28. The minimum Gasteiger partial charge on any atom is -0.330 e. The molecule has 1 atom stereocenters. The Morgan fingerprint density at radius 1 is 1.44 bits per heavy atom. The minimum absolute atomic E-state index is 0.232. The molecule has 0 bridgehead atoms. The second-order valence-electron chi connectivity index (χ2n) is 4.13. The summed E-state index contributed by atoms with van der Waals surface area (Å²) in [7, 11) is -3.17. The van der Waals surface area contributed by atoms with E-state index >= 15 is 0 Å². The highest BCUT2D eigenvalue weighted by Gasteiger charge is 2.32. The van der Waals surface area contributed by atoms with Crippen LogP contribution in [0.5, 0.6) is 0 Å². The van der Waals surface area contributed by atoms with Gasteiger partial charge >= 0.3 is 0 Å². The van der Waals surface area contributed by atoms with E-state index in [1.807, 2.05) is 24.3 Å². The summed E-state index contributed by atoms with van der Waals surface area (Å²) in [5, 5.41) is 0. The van der Waals surface area contributed by atoms with Crippen molar-refractivity contribution in [2.75, 3.05) is 23.7 Å². The van der Waals surface area contributed by atoms with E-state index in [0.717, 1.165) is 17.7 Å². The number of anilines is 1. The van der Waals surface area contributed by atoms with Gasteiger partial charge in [0.2, 0.25) is 10.0 Å². The van der Waals surface area contributed by atoms with Crippen LogP contribution >= 0.6 is 0 Å². The van der Waals surface area contributed by atoms with Gasteiger partial charge in [0.25, 0.3) is 0 Å². The number of hydrogen-bond donors (Lipinski definition) is 1. The lowest BCUT2D eigenvalue weighted by atomic mass is 9.98. The summed E-state index contributed by atoms with van der Waals surface area (Å²) < 4.78 is 24.8. The normalized spacial score (nSPS) is 19.9. The molecule has 1 aromatic carbocycles. The van der Waals surface area contributed by atoms with Crippen molar-refractivity contribution in [3.8, 4) is 0 Å². The molecule has 0 spiro atoms. The third-order valence-corrected chi connectivity index (χ3v) is 4.09. The van der Waals surface area contributed by atoms with Crippen LogP contribution in [0.4, 0.5) is 5.69 Å². The molecule has 5 heteroatoms.